The second-order valence-electron chi connectivity index (χ2n) is 7.44. The number of likely N-dealkylation sites (tertiary alicyclic amines) is 1. The third-order valence-corrected chi connectivity index (χ3v) is 5.42. The van der Waals surface area contributed by atoms with E-state index in [1.54, 1.807) is 12.1 Å². The fourth-order valence-corrected chi connectivity index (χ4v) is 3.93. The molecule has 1 saturated heterocycles. The van der Waals surface area contributed by atoms with E-state index in [-0.39, 0.29) is 18.8 Å². The first-order valence-electron chi connectivity index (χ1n) is 9.43. The van der Waals surface area contributed by atoms with Crippen LogP contribution in [0, 0.1) is 5.82 Å². The molecule has 0 unspecified atom stereocenters. The highest BCUT2D eigenvalue weighted by atomic mass is 19.3. The third-order valence-electron chi connectivity index (χ3n) is 5.42. The van der Waals surface area contributed by atoms with Crippen molar-refractivity contribution in [2.24, 2.45) is 0 Å². The van der Waals surface area contributed by atoms with Crippen LogP contribution in [0.15, 0.2) is 29.1 Å². The highest BCUT2D eigenvalue weighted by Gasteiger charge is 2.43. The van der Waals surface area contributed by atoms with Crippen LogP contribution in [0.4, 0.5) is 13.2 Å². The number of amides is 1. The Bertz CT molecular complexity index is 936. The summed E-state index contributed by atoms with van der Waals surface area (Å²) in [5.41, 5.74) is 0.465. The number of carbonyl (C=O) groups is 1. The van der Waals surface area contributed by atoms with E-state index >= 15 is 0 Å². The average Bonchev–Trinajstić information content (AvgIpc) is 3.20. The lowest BCUT2D eigenvalue weighted by atomic mass is 10.0. The molecule has 0 bridgehead atoms. The summed E-state index contributed by atoms with van der Waals surface area (Å²) in [6.45, 7) is -0.288. The maximum atomic E-state index is 13.5. The van der Waals surface area contributed by atoms with E-state index in [4.69, 9.17) is 0 Å². The molecule has 2 aliphatic rings. The van der Waals surface area contributed by atoms with Crippen molar-refractivity contribution in [1.29, 1.82) is 0 Å². The van der Waals surface area contributed by atoms with Gasteiger partial charge in [0, 0.05) is 19.4 Å². The first-order valence-corrected chi connectivity index (χ1v) is 9.43. The lowest BCUT2D eigenvalue weighted by Gasteiger charge is -2.27. The molecule has 1 aromatic heterocycles. The molecule has 1 fully saturated rings. The second-order valence-corrected chi connectivity index (χ2v) is 7.44. The number of halogens is 3. The molecule has 1 atom stereocenters. The molecule has 150 valence electrons. The molecule has 4 rings (SSSR count). The number of hydrogen-bond donors (Lipinski definition) is 0. The molecule has 2 aliphatic heterocycles. The van der Waals surface area contributed by atoms with Crippen LogP contribution in [0.1, 0.15) is 36.7 Å². The summed E-state index contributed by atoms with van der Waals surface area (Å²) in [7, 11) is 0. The predicted molar refractivity (Wildman–Crippen MR) is 94.7 cm³/mol. The summed E-state index contributed by atoms with van der Waals surface area (Å²) < 4.78 is 42.7. The fraction of sp³-hybridized carbons (Fsp3) is 0.526. The number of alkyl halides is 2. The number of nitrogens with zero attached hydrogens (tertiary/aromatic N) is 4. The van der Waals surface area contributed by atoms with E-state index in [1.807, 2.05) is 0 Å². The molecule has 6 nitrogen and oxygen atoms in total. The highest BCUT2D eigenvalue weighted by molar-refractivity contribution is 5.81. The van der Waals surface area contributed by atoms with Crippen molar-refractivity contribution >= 4 is 5.91 Å². The highest BCUT2D eigenvalue weighted by Crippen LogP contribution is 2.31. The van der Waals surface area contributed by atoms with Gasteiger partial charge in [0.15, 0.2) is 0 Å². The summed E-state index contributed by atoms with van der Waals surface area (Å²) in [4.78, 5) is 26.8. The molecule has 0 radical (unpaired) electrons. The summed E-state index contributed by atoms with van der Waals surface area (Å²) in [5, 5.41) is 4.34. The normalized spacial score (nSPS) is 21.0. The van der Waals surface area contributed by atoms with Gasteiger partial charge < -0.3 is 4.90 Å². The van der Waals surface area contributed by atoms with Crippen LogP contribution in [-0.2, 0) is 24.2 Å². The molecule has 2 aromatic rings. The van der Waals surface area contributed by atoms with Gasteiger partial charge in [-0.2, -0.15) is 5.10 Å². The van der Waals surface area contributed by atoms with Crippen LogP contribution < -0.4 is 5.69 Å². The van der Waals surface area contributed by atoms with Gasteiger partial charge in [0.2, 0.25) is 5.91 Å². The standard InChI is InChI=1S/C19H21F3N4O2/c20-14-6-4-13(5-7-14)8-10-25-18(28)26-15(2-1-3-16(26)23-25)17(27)24-11-9-19(21,22)12-24/h4-7,15H,1-3,8-12H2/t15-/m0/s1. The van der Waals surface area contributed by atoms with E-state index < -0.39 is 30.1 Å². The minimum absolute atomic E-state index is 0.00508. The Morgan fingerprint density at radius 1 is 1.25 bits per heavy atom. The number of benzene rings is 1. The molecule has 1 amide bonds. The van der Waals surface area contributed by atoms with Crippen molar-refractivity contribution < 1.29 is 18.0 Å². The maximum Gasteiger partial charge on any atom is 0.346 e. The first kappa shape index (κ1) is 18.8. The van der Waals surface area contributed by atoms with Gasteiger partial charge in [-0.25, -0.2) is 22.6 Å². The predicted octanol–water partition coefficient (Wildman–Crippen LogP) is 2.17. The SMILES string of the molecule is O=C([C@@H]1CCCc2nn(CCc3ccc(F)cc3)c(=O)n21)N1CCC(F)(F)C1. The number of aryl methyl sites for hydroxylation is 3. The molecular formula is C19H21F3N4O2. The third kappa shape index (κ3) is 3.57. The minimum atomic E-state index is -2.86. The van der Waals surface area contributed by atoms with Crippen molar-refractivity contribution in [3.05, 3.63) is 52.0 Å². The van der Waals surface area contributed by atoms with Crippen LogP contribution in [0.5, 0.6) is 0 Å². The summed E-state index contributed by atoms with van der Waals surface area (Å²) in [6.07, 6.45) is 1.84. The molecule has 28 heavy (non-hydrogen) atoms. The Morgan fingerprint density at radius 3 is 2.68 bits per heavy atom. The van der Waals surface area contributed by atoms with Gasteiger partial charge in [0.1, 0.15) is 17.7 Å². The van der Waals surface area contributed by atoms with Crippen molar-refractivity contribution in [2.45, 2.75) is 50.6 Å². The lowest BCUT2D eigenvalue weighted by molar-refractivity contribution is -0.135. The average molecular weight is 394 g/mol. The Kier molecular flexibility index (Phi) is 4.76. The Morgan fingerprint density at radius 2 is 2.00 bits per heavy atom. The Labute approximate surface area is 159 Å². The van der Waals surface area contributed by atoms with Crippen molar-refractivity contribution in [3.8, 4) is 0 Å². The summed E-state index contributed by atoms with van der Waals surface area (Å²) in [5.74, 6) is -3.11. The van der Waals surface area contributed by atoms with E-state index in [9.17, 15) is 22.8 Å². The van der Waals surface area contributed by atoms with Gasteiger partial charge in [-0.05, 0) is 37.0 Å². The van der Waals surface area contributed by atoms with Gasteiger partial charge in [-0.1, -0.05) is 12.1 Å². The zero-order chi connectivity index (χ0) is 19.9. The summed E-state index contributed by atoms with van der Waals surface area (Å²) in [6, 6.07) is 5.24. The van der Waals surface area contributed by atoms with E-state index in [2.05, 4.69) is 5.10 Å². The van der Waals surface area contributed by atoms with E-state index in [1.165, 1.54) is 21.4 Å². The first-order chi connectivity index (χ1) is 13.3. The molecule has 0 spiro atoms. The molecule has 0 saturated carbocycles. The van der Waals surface area contributed by atoms with E-state index in [0.29, 0.717) is 38.1 Å². The molecule has 0 aliphatic carbocycles. The number of aromatic nitrogens is 3. The van der Waals surface area contributed by atoms with Gasteiger partial charge in [-0.3, -0.25) is 9.36 Å². The van der Waals surface area contributed by atoms with Crippen LogP contribution in [0.25, 0.3) is 0 Å². The quantitative estimate of drug-likeness (QED) is 0.799. The van der Waals surface area contributed by atoms with Gasteiger partial charge in [0.05, 0.1) is 13.1 Å². The van der Waals surface area contributed by atoms with Crippen LogP contribution in [0.2, 0.25) is 0 Å². The summed E-state index contributed by atoms with van der Waals surface area (Å²) >= 11 is 0. The van der Waals surface area contributed by atoms with Crippen LogP contribution in [0.3, 0.4) is 0 Å². The number of carbonyl (C=O) groups excluding carboxylic acids is 1. The largest absolute Gasteiger partial charge is 0.346 e. The Balaban J connectivity index is 1.53. The zero-order valence-corrected chi connectivity index (χ0v) is 15.3. The van der Waals surface area contributed by atoms with Crippen molar-refractivity contribution in [3.63, 3.8) is 0 Å². The van der Waals surface area contributed by atoms with Crippen molar-refractivity contribution in [2.75, 3.05) is 13.1 Å². The smallest absolute Gasteiger partial charge is 0.335 e. The second kappa shape index (κ2) is 7.10. The molecule has 0 N–H and O–H groups in total. The van der Waals surface area contributed by atoms with Gasteiger partial charge in [0.25, 0.3) is 5.92 Å². The number of hydrogen-bond acceptors (Lipinski definition) is 3. The van der Waals surface area contributed by atoms with Gasteiger partial charge >= 0.3 is 5.69 Å². The van der Waals surface area contributed by atoms with Crippen LogP contribution >= 0.6 is 0 Å². The molecular weight excluding hydrogens is 373 g/mol. The topological polar surface area (TPSA) is 60.1 Å². The number of fused-ring (bicyclic) bond motifs is 1. The zero-order valence-electron chi connectivity index (χ0n) is 15.3. The monoisotopic (exact) mass is 394 g/mol. The van der Waals surface area contributed by atoms with Crippen LogP contribution in [-0.4, -0.2) is 44.2 Å². The fourth-order valence-electron chi connectivity index (χ4n) is 3.93. The molecule has 1 aromatic carbocycles. The molecule has 9 heteroatoms. The lowest BCUT2D eigenvalue weighted by Crippen LogP contribution is -2.42. The van der Waals surface area contributed by atoms with E-state index in [0.717, 1.165) is 10.5 Å². The minimum Gasteiger partial charge on any atom is -0.335 e. The number of rotatable bonds is 4. The Hall–Kier alpha value is -2.58. The van der Waals surface area contributed by atoms with Crippen molar-refractivity contribution in [1.82, 2.24) is 19.2 Å². The maximum absolute atomic E-state index is 13.5. The molecule has 3 heterocycles. The van der Waals surface area contributed by atoms with Gasteiger partial charge in [-0.15, -0.1) is 0 Å².